The Hall–Kier alpha value is -2.48. The first-order valence-electron chi connectivity index (χ1n) is 5.88. The monoisotopic (exact) mass is 231 g/mol. The fourth-order valence-electron chi connectivity index (χ4n) is 2.53. The molecule has 0 spiro atoms. The Kier molecular flexibility index (Phi) is 1.73. The van der Waals surface area contributed by atoms with Crippen molar-refractivity contribution < 1.29 is 4.79 Å². The molecule has 0 amide bonds. The number of hydrogen-bond donors (Lipinski definition) is 0. The van der Waals surface area contributed by atoms with Crippen LogP contribution < -0.4 is 10.6 Å². The van der Waals surface area contributed by atoms with Crippen molar-refractivity contribution in [1.82, 2.24) is 0 Å². The molecular formula is C16H9NO. The molecule has 0 atom stereocenters. The molecule has 1 aliphatic heterocycles. The third kappa shape index (κ3) is 1.17. The lowest BCUT2D eigenvalue weighted by atomic mass is 10.0. The van der Waals surface area contributed by atoms with Crippen LogP contribution in [0.2, 0.25) is 0 Å². The molecule has 0 saturated carbocycles. The van der Waals surface area contributed by atoms with E-state index in [4.69, 9.17) is 0 Å². The molecular weight excluding hydrogens is 222 g/mol. The van der Waals surface area contributed by atoms with Crippen LogP contribution in [-0.4, -0.2) is 5.78 Å². The molecule has 0 radical (unpaired) electrons. The number of nitrogens with zero attached hydrogens (tertiary/aromatic N) is 1. The van der Waals surface area contributed by atoms with E-state index in [1.807, 2.05) is 24.3 Å². The maximum atomic E-state index is 11.9. The molecule has 2 heteroatoms. The molecule has 0 fully saturated rings. The zero-order valence-corrected chi connectivity index (χ0v) is 9.55. The van der Waals surface area contributed by atoms with Crippen LogP contribution >= 0.6 is 0 Å². The highest BCUT2D eigenvalue weighted by molar-refractivity contribution is 6.27. The van der Waals surface area contributed by atoms with E-state index >= 15 is 0 Å². The minimum Gasteiger partial charge on any atom is -0.289 e. The average Bonchev–Trinajstić information content (AvgIpc) is 2.74. The molecule has 1 aliphatic carbocycles. The minimum atomic E-state index is 0.0466. The van der Waals surface area contributed by atoms with Crippen LogP contribution in [-0.2, 0) is 4.79 Å². The fraction of sp³-hybridized carbons (Fsp3) is 0. The van der Waals surface area contributed by atoms with Gasteiger partial charge in [0.1, 0.15) is 0 Å². The van der Waals surface area contributed by atoms with Crippen LogP contribution in [0.25, 0.3) is 16.3 Å². The van der Waals surface area contributed by atoms with Crippen molar-refractivity contribution in [3.63, 3.8) is 0 Å². The van der Waals surface area contributed by atoms with Gasteiger partial charge in [0.05, 0.1) is 16.6 Å². The molecule has 0 bridgehead atoms. The van der Waals surface area contributed by atoms with Gasteiger partial charge < -0.3 is 0 Å². The highest BCUT2D eigenvalue weighted by Crippen LogP contribution is 2.20. The van der Waals surface area contributed by atoms with Crippen LogP contribution in [0.4, 0.5) is 0 Å². The zero-order valence-electron chi connectivity index (χ0n) is 9.55. The van der Waals surface area contributed by atoms with Crippen molar-refractivity contribution in [3.05, 3.63) is 70.9 Å². The first kappa shape index (κ1) is 9.54. The van der Waals surface area contributed by atoms with Crippen LogP contribution in [0.5, 0.6) is 0 Å². The third-order valence-corrected chi connectivity index (χ3v) is 3.38. The lowest BCUT2D eigenvalue weighted by Gasteiger charge is -2.02. The second-order valence-electron chi connectivity index (χ2n) is 4.48. The van der Waals surface area contributed by atoms with Crippen molar-refractivity contribution >= 4 is 22.1 Å². The number of fused-ring (bicyclic) bond motifs is 3. The number of hydrogen-bond acceptors (Lipinski definition) is 2. The largest absolute Gasteiger partial charge is 0.289 e. The van der Waals surface area contributed by atoms with Crippen molar-refractivity contribution in [2.24, 2.45) is 4.99 Å². The predicted molar refractivity (Wildman–Crippen MR) is 70.4 cm³/mol. The molecule has 1 heterocycles. The summed E-state index contributed by atoms with van der Waals surface area (Å²) >= 11 is 0. The summed E-state index contributed by atoms with van der Waals surface area (Å²) in [5.41, 5.74) is 1.52. The fourth-order valence-corrected chi connectivity index (χ4v) is 2.53. The highest BCUT2D eigenvalue weighted by atomic mass is 16.1. The second kappa shape index (κ2) is 3.26. The third-order valence-electron chi connectivity index (χ3n) is 3.38. The Labute approximate surface area is 103 Å². The Morgan fingerprint density at radius 3 is 2.61 bits per heavy atom. The number of allylic oxidation sites excluding steroid dienone is 4. The van der Waals surface area contributed by atoms with E-state index in [1.165, 1.54) is 0 Å². The summed E-state index contributed by atoms with van der Waals surface area (Å²) in [7, 11) is 0. The summed E-state index contributed by atoms with van der Waals surface area (Å²) in [5, 5.41) is 4.14. The van der Waals surface area contributed by atoms with Gasteiger partial charge in [-0.2, -0.15) is 0 Å². The van der Waals surface area contributed by atoms with E-state index in [-0.39, 0.29) is 5.78 Å². The van der Waals surface area contributed by atoms with Gasteiger partial charge in [0.2, 0.25) is 0 Å². The SMILES string of the molecule is O=C1C=CC=C2N=c3cc4ccccc4cc3=C12. The van der Waals surface area contributed by atoms with Gasteiger partial charge in [-0.15, -0.1) is 0 Å². The Bertz CT molecular complexity index is 885. The van der Waals surface area contributed by atoms with E-state index < -0.39 is 0 Å². The van der Waals surface area contributed by atoms with Crippen LogP contribution in [0.15, 0.2) is 65.3 Å². The number of ketones is 1. The summed E-state index contributed by atoms with van der Waals surface area (Å²) in [6.45, 7) is 0. The molecule has 4 rings (SSSR count). The second-order valence-corrected chi connectivity index (χ2v) is 4.48. The molecule has 84 valence electrons. The first-order valence-corrected chi connectivity index (χ1v) is 5.88. The van der Waals surface area contributed by atoms with Gasteiger partial charge in [0, 0.05) is 5.22 Å². The maximum absolute atomic E-state index is 11.9. The lowest BCUT2D eigenvalue weighted by Crippen LogP contribution is -2.24. The Balaban J connectivity index is 2.22. The van der Waals surface area contributed by atoms with Crippen molar-refractivity contribution in [2.75, 3.05) is 0 Å². The molecule has 2 nitrogen and oxygen atoms in total. The van der Waals surface area contributed by atoms with Crippen LogP contribution in [0.3, 0.4) is 0 Å². The number of benzene rings is 2. The summed E-state index contributed by atoms with van der Waals surface area (Å²) in [5.74, 6) is 0.0466. The van der Waals surface area contributed by atoms with Crippen LogP contribution in [0.1, 0.15) is 0 Å². The van der Waals surface area contributed by atoms with Gasteiger partial charge in [-0.25, -0.2) is 4.99 Å². The smallest absolute Gasteiger partial charge is 0.188 e. The Morgan fingerprint density at radius 1 is 1.00 bits per heavy atom. The molecule has 2 aromatic carbocycles. The van der Waals surface area contributed by atoms with Gasteiger partial charge >= 0.3 is 0 Å². The maximum Gasteiger partial charge on any atom is 0.188 e. The molecule has 18 heavy (non-hydrogen) atoms. The van der Waals surface area contributed by atoms with Gasteiger partial charge in [-0.3, -0.25) is 4.79 Å². The van der Waals surface area contributed by atoms with E-state index in [0.29, 0.717) is 0 Å². The normalized spacial score (nSPS) is 16.3. The molecule has 0 N–H and O–H groups in total. The van der Waals surface area contributed by atoms with Gasteiger partial charge in [-0.05, 0) is 35.1 Å². The molecule has 0 aromatic heterocycles. The van der Waals surface area contributed by atoms with E-state index in [9.17, 15) is 4.79 Å². The Morgan fingerprint density at radius 2 is 1.78 bits per heavy atom. The summed E-state index contributed by atoms with van der Waals surface area (Å²) in [4.78, 5) is 16.5. The first-order chi connectivity index (χ1) is 8.83. The van der Waals surface area contributed by atoms with Crippen molar-refractivity contribution in [3.8, 4) is 0 Å². The molecule has 0 unspecified atom stereocenters. The number of carbonyl (C=O) groups excluding carboxylic acids is 1. The van der Waals surface area contributed by atoms with Gasteiger partial charge in [-0.1, -0.05) is 30.3 Å². The summed E-state index contributed by atoms with van der Waals surface area (Å²) < 4.78 is 0. The topological polar surface area (TPSA) is 29.4 Å². The van der Waals surface area contributed by atoms with E-state index in [0.717, 1.165) is 32.6 Å². The van der Waals surface area contributed by atoms with Gasteiger partial charge in [0.25, 0.3) is 0 Å². The van der Waals surface area contributed by atoms with Gasteiger partial charge in [0.15, 0.2) is 5.78 Å². The summed E-state index contributed by atoms with van der Waals surface area (Å²) in [6, 6.07) is 12.2. The molecule has 2 aromatic rings. The quantitative estimate of drug-likeness (QED) is 0.678. The predicted octanol–water partition coefficient (Wildman–Crippen LogP) is 1.65. The highest BCUT2D eigenvalue weighted by Gasteiger charge is 2.20. The zero-order chi connectivity index (χ0) is 12.1. The minimum absolute atomic E-state index is 0.0466. The number of rotatable bonds is 0. The van der Waals surface area contributed by atoms with Crippen molar-refractivity contribution in [1.29, 1.82) is 0 Å². The van der Waals surface area contributed by atoms with E-state index in [1.54, 1.807) is 12.2 Å². The lowest BCUT2D eigenvalue weighted by molar-refractivity contribution is -0.109. The summed E-state index contributed by atoms with van der Waals surface area (Å²) in [6.07, 6.45) is 5.25. The molecule has 2 aliphatic rings. The molecule has 0 saturated heterocycles. The average molecular weight is 231 g/mol. The van der Waals surface area contributed by atoms with E-state index in [2.05, 4.69) is 23.2 Å². The van der Waals surface area contributed by atoms with Crippen LogP contribution in [0, 0.1) is 0 Å². The standard InChI is InChI=1S/C16H9NO/c18-15-7-3-6-13-16(15)12-8-10-4-1-2-5-11(10)9-14(12)17-13/h1-9H. The van der Waals surface area contributed by atoms with Crippen molar-refractivity contribution in [2.45, 2.75) is 0 Å². The number of carbonyl (C=O) groups is 1.